The molecule has 1 aromatic heterocycles. The SMILES string of the molecule is CCCN(CCCN)C(=O)c1cc2cc(C)ccc2o1. The normalized spacial score (nSPS) is 10.9. The molecule has 2 N–H and O–H groups in total. The molecular weight excluding hydrogens is 252 g/mol. The summed E-state index contributed by atoms with van der Waals surface area (Å²) in [6.45, 7) is 6.09. The number of carbonyl (C=O) groups is 1. The van der Waals surface area contributed by atoms with E-state index in [2.05, 4.69) is 6.92 Å². The number of furan rings is 1. The first-order valence-corrected chi connectivity index (χ1v) is 7.15. The molecule has 4 heteroatoms. The average Bonchev–Trinajstić information content (AvgIpc) is 2.85. The lowest BCUT2D eigenvalue weighted by Gasteiger charge is -2.20. The van der Waals surface area contributed by atoms with Gasteiger partial charge in [-0.25, -0.2) is 0 Å². The van der Waals surface area contributed by atoms with Crippen LogP contribution in [0.4, 0.5) is 0 Å². The lowest BCUT2D eigenvalue weighted by molar-refractivity contribution is 0.0725. The van der Waals surface area contributed by atoms with Crippen LogP contribution in [0.5, 0.6) is 0 Å². The van der Waals surface area contributed by atoms with Crippen molar-refractivity contribution >= 4 is 16.9 Å². The Morgan fingerprint density at radius 3 is 2.80 bits per heavy atom. The van der Waals surface area contributed by atoms with Crippen LogP contribution in [-0.4, -0.2) is 30.4 Å². The van der Waals surface area contributed by atoms with E-state index in [1.165, 1.54) is 0 Å². The van der Waals surface area contributed by atoms with Gasteiger partial charge in [0.1, 0.15) is 5.58 Å². The minimum atomic E-state index is -0.0471. The van der Waals surface area contributed by atoms with Crippen molar-refractivity contribution in [2.45, 2.75) is 26.7 Å². The van der Waals surface area contributed by atoms with Crippen molar-refractivity contribution in [2.24, 2.45) is 5.73 Å². The summed E-state index contributed by atoms with van der Waals surface area (Å²) in [4.78, 5) is 14.3. The highest BCUT2D eigenvalue weighted by molar-refractivity contribution is 5.96. The molecule has 20 heavy (non-hydrogen) atoms. The Bertz CT molecular complexity index is 589. The van der Waals surface area contributed by atoms with E-state index in [4.69, 9.17) is 10.2 Å². The van der Waals surface area contributed by atoms with Gasteiger partial charge in [-0.1, -0.05) is 18.6 Å². The number of rotatable bonds is 6. The van der Waals surface area contributed by atoms with Gasteiger partial charge in [-0.15, -0.1) is 0 Å². The second kappa shape index (κ2) is 6.57. The summed E-state index contributed by atoms with van der Waals surface area (Å²) in [6.07, 6.45) is 1.74. The summed E-state index contributed by atoms with van der Waals surface area (Å²) in [5.74, 6) is 0.366. The van der Waals surface area contributed by atoms with Gasteiger partial charge in [0.05, 0.1) is 0 Å². The van der Waals surface area contributed by atoms with E-state index in [0.29, 0.717) is 18.8 Å². The van der Waals surface area contributed by atoms with Gasteiger partial charge in [-0.2, -0.15) is 0 Å². The molecule has 0 aliphatic rings. The van der Waals surface area contributed by atoms with Crippen LogP contribution in [0.1, 0.15) is 35.9 Å². The van der Waals surface area contributed by atoms with Gasteiger partial charge in [0, 0.05) is 18.5 Å². The first-order valence-electron chi connectivity index (χ1n) is 7.15. The zero-order valence-electron chi connectivity index (χ0n) is 12.2. The van der Waals surface area contributed by atoms with Crippen molar-refractivity contribution in [1.82, 2.24) is 4.90 Å². The average molecular weight is 274 g/mol. The van der Waals surface area contributed by atoms with Crippen LogP contribution in [0.3, 0.4) is 0 Å². The van der Waals surface area contributed by atoms with E-state index in [1.807, 2.05) is 36.1 Å². The van der Waals surface area contributed by atoms with Crippen molar-refractivity contribution in [3.8, 4) is 0 Å². The molecule has 108 valence electrons. The Labute approximate surface area is 119 Å². The highest BCUT2D eigenvalue weighted by Crippen LogP contribution is 2.21. The van der Waals surface area contributed by atoms with E-state index in [0.717, 1.165) is 35.9 Å². The molecule has 0 aliphatic carbocycles. The number of nitrogens with zero attached hydrogens (tertiary/aromatic N) is 1. The van der Waals surface area contributed by atoms with Gasteiger partial charge in [-0.05, 0) is 44.5 Å². The fourth-order valence-electron chi connectivity index (χ4n) is 2.29. The molecule has 2 rings (SSSR count). The molecule has 0 bridgehead atoms. The maximum Gasteiger partial charge on any atom is 0.289 e. The van der Waals surface area contributed by atoms with Crippen LogP contribution < -0.4 is 5.73 Å². The number of hydrogen-bond donors (Lipinski definition) is 1. The summed E-state index contributed by atoms with van der Waals surface area (Å²) in [6, 6.07) is 7.75. The standard InChI is InChI=1S/C16H22N2O2/c1-3-8-18(9-4-7-17)16(19)15-11-13-10-12(2)5-6-14(13)20-15/h5-6,10-11H,3-4,7-9,17H2,1-2H3. The van der Waals surface area contributed by atoms with E-state index in [-0.39, 0.29) is 5.91 Å². The molecule has 0 radical (unpaired) electrons. The Morgan fingerprint density at radius 1 is 1.30 bits per heavy atom. The van der Waals surface area contributed by atoms with Crippen LogP contribution in [-0.2, 0) is 0 Å². The van der Waals surface area contributed by atoms with Crippen LogP contribution >= 0.6 is 0 Å². The number of amides is 1. The number of benzene rings is 1. The summed E-state index contributed by atoms with van der Waals surface area (Å²) in [5.41, 5.74) is 7.45. The minimum Gasteiger partial charge on any atom is -0.451 e. The topological polar surface area (TPSA) is 59.5 Å². The van der Waals surface area contributed by atoms with Crippen molar-refractivity contribution < 1.29 is 9.21 Å². The molecule has 0 unspecified atom stereocenters. The van der Waals surface area contributed by atoms with Gasteiger partial charge in [0.15, 0.2) is 5.76 Å². The van der Waals surface area contributed by atoms with E-state index >= 15 is 0 Å². The summed E-state index contributed by atoms with van der Waals surface area (Å²) >= 11 is 0. The summed E-state index contributed by atoms with van der Waals surface area (Å²) < 4.78 is 5.67. The monoisotopic (exact) mass is 274 g/mol. The molecule has 1 heterocycles. The zero-order chi connectivity index (χ0) is 14.5. The third-order valence-corrected chi connectivity index (χ3v) is 3.30. The third-order valence-electron chi connectivity index (χ3n) is 3.30. The predicted molar refractivity (Wildman–Crippen MR) is 80.8 cm³/mol. The maximum atomic E-state index is 12.5. The largest absolute Gasteiger partial charge is 0.451 e. The number of aryl methyl sites for hydroxylation is 1. The number of fused-ring (bicyclic) bond motifs is 1. The Morgan fingerprint density at radius 2 is 2.10 bits per heavy atom. The molecule has 2 aromatic rings. The number of carbonyl (C=O) groups excluding carboxylic acids is 1. The highest BCUT2D eigenvalue weighted by atomic mass is 16.3. The minimum absolute atomic E-state index is 0.0471. The first kappa shape index (κ1) is 14.6. The molecule has 0 spiro atoms. The first-order chi connectivity index (χ1) is 9.65. The van der Waals surface area contributed by atoms with Crippen molar-refractivity contribution in [2.75, 3.05) is 19.6 Å². The van der Waals surface area contributed by atoms with Crippen LogP contribution in [0.15, 0.2) is 28.7 Å². The van der Waals surface area contributed by atoms with Crippen molar-refractivity contribution in [3.05, 3.63) is 35.6 Å². The van der Waals surface area contributed by atoms with Gasteiger partial charge in [-0.3, -0.25) is 4.79 Å². The molecule has 0 saturated heterocycles. The van der Waals surface area contributed by atoms with E-state index < -0.39 is 0 Å². The quantitative estimate of drug-likeness (QED) is 0.881. The van der Waals surface area contributed by atoms with Crippen molar-refractivity contribution in [3.63, 3.8) is 0 Å². The fraction of sp³-hybridized carbons (Fsp3) is 0.438. The molecule has 1 amide bonds. The summed E-state index contributed by atoms with van der Waals surface area (Å²) in [5, 5.41) is 0.976. The molecular formula is C16H22N2O2. The van der Waals surface area contributed by atoms with E-state index in [1.54, 1.807) is 0 Å². The maximum absolute atomic E-state index is 12.5. The Hall–Kier alpha value is -1.81. The summed E-state index contributed by atoms with van der Waals surface area (Å²) in [7, 11) is 0. The number of hydrogen-bond acceptors (Lipinski definition) is 3. The van der Waals surface area contributed by atoms with Gasteiger partial charge in [0.2, 0.25) is 0 Å². The smallest absolute Gasteiger partial charge is 0.289 e. The van der Waals surface area contributed by atoms with Gasteiger partial charge < -0.3 is 15.1 Å². The van der Waals surface area contributed by atoms with Gasteiger partial charge >= 0.3 is 0 Å². The zero-order valence-corrected chi connectivity index (χ0v) is 12.2. The van der Waals surface area contributed by atoms with Crippen LogP contribution in [0, 0.1) is 6.92 Å². The second-order valence-corrected chi connectivity index (χ2v) is 5.09. The molecule has 0 saturated carbocycles. The molecule has 0 fully saturated rings. The van der Waals surface area contributed by atoms with Crippen LogP contribution in [0.2, 0.25) is 0 Å². The lowest BCUT2D eigenvalue weighted by atomic mass is 10.2. The molecule has 4 nitrogen and oxygen atoms in total. The molecule has 1 aromatic carbocycles. The molecule has 0 aliphatic heterocycles. The predicted octanol–water partition coefficient (Wildman–Crippen LogP) is 2.94. The Balaban J connectivity index is 2.23. The molecule has 0 atom stereocenters. The third kappa shape index (κ3) is 3.20. The highest BCUT2D eigenvalue weighted by Gasteiger charge is 2.18. The van der Waals surface area contributed by atoms with Gasteiger partial charge in [0.25, 0.3) is 5.91 Å². The van der Waals surface area contributed by atoms with Crippen LogP contribution in [0.25, 0.3) is 11.0 Å². The Kier molecular flexibility index (Phi) is 4.79. The number of nitrogens with two attached hydrogens (primary N) is 1. The van der Waals surface area contributed by atoms with Crippen molar-refractivity contribution in [1.29, 1.82) is 0 Å². The second-order valence-electron chi connectivity index (χ2n) is 5.09. The lowest BCUT2D eigenvalue weighted by Crippen LogP contribution is -2.33. The fourth-order valence-corrected chi connectivity index (χ4v) is 2.29. The van der Waals surface area contributed by atoms with E-state index in [9.17, 15) is 4.79 Å².